The zero-order valence-corrected chi connectivity index (χ0v) is 10.5. The van der Waals surface area contributed by atoms with Crippen LogP contribution >= 0.6 is 11.6 Å². The number of hydrogen-bond donors (Lipinski definition) is 1. The van der Waals surface area contributed by atoms with Crippen LogP contribution in [0.4, 0.5) is 13.2 Å². The van der Waals surface area contributed by atoms with Gasteiger partial charge in [0.15, 0.2) is 0 Å². The second-order valence-electron chi connectivity index (χ2n) is 4.44. The Hall–Kier alpha value is -1.43. The van der Waals surface area contributed by atoms with Crippen molar-refractivity contribution in [2.75, 3.05) is 0 Å². The molecular formula is C12H10ClF3O3. The summed E-state index contributed by atoms with van der Waals surface area (Å²) in [5.74, 6) is -3.15. The van der Waals surface area contributed by atoms with Crippen molar-refractivity contribution in [2.24, 2.45) is 5.92 Å². The average molecular weight is 295 g/mol. The van der Waals surface area contributed by atoms with Gasteiger partial charge in [0.25, 0.3) is 0 Å². The van der Waals surface area contributed by atoms with Crippen molar-refractivity contribution in [3.63, 3.8) is 0 Å². The first-order valence-corrected chi connectivity index (χ1v) is 5.83. The lowest BCUT2D eigenvalue weighted by Crippen LogP contribution is -2.47. The van der Waals surface area contributed by atoms with Gasteiger partial charge < -0.3 is 9.84 Å². The topological polar surface area (TPSA) is 46.5 Å². The Morgan fingerprint density at radius 1 is 1.47 bits per heavy atom. The molecule has 0 radical (unpaired) electrons. The van der Waals surface area contributed by atoms with E-state index < -0.39 is 24.2 Å². The van der Waals surface area contributed by atoms with Crippen molar-refractivity contribution in [2.45, 2.75) is 25.6 Å². The SMILES string of the molecule is Cc1cc2c(cc1Cl)C[C@@H](C(=O)O)[C@@H](C(F)(F)F)O2. The van der Waals surface area contributed by atoms with Crippen LogP contribution in [0.15, 0.2) is 12.1 Å². The highest BCUT2D eigenvalue weighted by Gasteiger charge is 2.52. The van der Waals surface area contributed by atoms with Crippen LogP contribution in [0, 0.1) is 12.8 Å². The lowest BCUT2D eigenvalue weighted by molar-refractivity contribution is -0.217. The number of rotatable bonds is 1. The Balaban J connectivity index is 2.45. The monoisotopic (exact) mass is 294 g/mol. The molecule has 2 atom stereocenters. The van der Waals surface area contributed by atoms with Crippen molar-refractivity contribution in [1.29, 1.82) is 0 Å². The van der Waals surface area contributed by atoms with Crippen LogP contribution in [-0.2, 0) is 11.2 Å². The molecule has 1 aromatic carbocycles. The predicted molar refractivity (Wildman–Crippen MR) is 61.5 cm³/mol. The number of halogens is 4. The molecule has 19 heavy (non-hydrogen) atoms. The number of carbonyl (C=O) groups is 1. The molecule has 0 unspecified atom stereocenters. The average Bonchev–Trinajstić information content (AvgIpc) is 2.27. The van der Waals surface area contributed by atoms with Gasteiger partial charge in [0.1, 0.15) is 11.7 Å². The normalized spacial score (nSPS) is 22.6. The van der Waals surface area contributed by atoms with E-state index in [1.807, 2.05) is 0 Å². The molecule has 104 valence electrons. The smallest absolute Gasteiger partial charge is 0.426 e. The number of ether oxygens (including phenoxy) is 1. The fourth-order valence-electron chi connectivity index (χ4n) is 2.04. The summed E-state index contributed by atoms with van der Waals surface area (Å²) in [6, 6.07) is 2.85. The highest BCUT2D eigenvalue weighted by atomic mass is 35.5. The fourth-order valence-corrected chi connectivity index (χ4v) is 2.23. The van der Waals surface area contributed by atoms with E-state index in [-0.39, 0.29) is 12.2 Å². The van der Waals surface area contributed by atoms with Crippen LogP contribution in [0.2, 0.25) is 5.02 Å². The Labute approximate surface area is 111 Å². The van der Waals surface area contributed by atoms with Gasteiger partial charge >= 0.3 is 12.1 Å². The molecule has 1 heterocycles. The van der Waals surface area contributed by atoms with Gasteiger partial charge in [-0.25, -0.2) is 0 Å². The van der Waals surface area contributed by atoms with E-state index in [1.54, 1.807) is 6.92 Å². The molecular weight excluding hydrogens is 285 g/mol. The van der Waals surface area contributed by atoms with Crippen LogP contribution < -0.4 is 4.74 Å². The first-order valence-electron chi connectivity index (χ1n) is 5.45. The zero-order chi connectivity index (χ0) is 14.4. The number of benzene rings is 1. The molecule has 0 aromatic heterocycles. The molecule has 0 fully saturated rings. The quantitative estimate of drug-likeness (QED) is 0.865. The van der Waals surface area contributed by atoms with Crippen LogP contribution in [0.25, 0.3) is 0 Å². The first kappa shape index (κ1) is 14.0. The Kier molecular flexibility index (Phi) is 3.38. The maximum atomic E-state index is 12.8. The summed E-state index contributed by atoms with van der Waals surface area (Å²) in [6.07, 6.45) is -7.32. The van der Waals surface area contributed by atoms with E-state index in [0.717, 1.165) is 0 Å². The van der Waals surface area contributed by atoms with Crippen LogP contribution in [0.1, 0.15) is 11.1 Å². The number of fused-ring (bicyclic) bond motifs is 1. The van der Waals surface area contributed by atoms with E-state index >= 15 is 0 Å². The number of carboxylic acid groups (broad SMARTS) is 1. The number of carboxylic acids is 1. The summed E-state index contributed by atoms with van der Waals surface area (Å²) >= 11 is 5.87. The molecule has 0 saturated carbocycles. The number of hydrogen-bond acceptors (Lipinski definition) is 2. The molecule has 0 aliphatic carbocycles. The molecule has 0 spiro atoms. The molecule has 1 N–H and O–H groups in total. The summed E-state index contributed by atoms with van der Waals surface area (Å²) in [5, 5.41) is 9.28. The number of alkyl halides is 3. The van der Waals surface area contributed by atoms with Gasteiger partial charge in [-0.3, -0.25) is 4.79 Å². The minimum absolute atomic E-state index is 0.0433. The first-order chi connectivity index (χ1) is 8.70. The van der Waals surface area contributed by atoms with Gasteiger partial charge in [0.05, 0.1) is 0 Å². The highest BCUT2D eigenvalue weighted by Crippen LogP contribution is 2.40. The van der Waals surface area contributed by atoms with Crippen molar-refractivity contribution in [1.82, 2.24) is 0 Å². The third-order valence-corrected chi connectivity index (χ3v) is 3.45. The second-order valence-corrected chi connectivity index (χ2v) is 4.85. The maximum absolute atomic E-state index is 12.8. The maximum Gasteiger partial charge on any atom is 0.426 e. The molecule has 1 aromatic rings. The van der Waals surface area contributed by atoms with Gasteiger partial charge in [-0.15, -0.1) is 0 Å². The van der Waals surface area contributed by atoms with Crippen LogP contribution in [0.5, 0.6) is 5.75 Å². The van der Waals surface area contributed by atoms with Crippen molar-refractivity contribution >= 4 is 17.6 Å². The summed E-state index contributed by atoms with van der Waals surface area (Å²) in [5.41, 5.74) is 0.957. The number of aryl methyl sites for hydroxylation is 1. The molecule has 0 saturated heterocycles. The Morgan fingerprint density at radius 3 is 2.63 bits per heavy atom. The summed E-state index contributed by atoms with van der Waals surface area (Å²) in [4.78, 5) is 11.0. The molecule has 0 amide bonds. The van der Waals surface area contributed by atoms with E-state index in [9.17, 15) is 18.0 Å². The van der Waals surface area contributed by atoms with Crippen molar-refractivity contribution in [3.8, 4) is 5.75 Å². The largest absolute Gasteiger partial charge is 0.481 e. The van der Waals surface area contributed by atoms with Gasteiger partial charge in [-0.1, -0.05) is 11.6 Å². The highest BCUT2D eigenvalue weighted by molar-refractivity contribution is 6.31. The van der Waals surface area contributed by atoms with Crippen LogP contribution in [-0.4, -0.2) is 23.4 Å². The minimum Gasteiger partial charge on any atom is -0.481 e. The van der Waals surface area contributed by atoms with Crippen molar-refractivity contribution < 1.29 is 27.8 Å². The van der Waals surface area contributed by atoms with Gasteiger partial charge in [0, 0.05) is 5.02 Å². The van der Waals surface area contributed by atoms with E-state index in [0.29, 0.717) is 16.1 Å². The summed E-state index contributed by atoms with van der Waals surface area (Å²) in [6.45, 7) is 1.64. The molecule has 1 aliphatic heterocycles. The zero-order valence-electron chi connectivity index (χ0n) is 9.79. The van der Waals surface area contributed by atoms with E-state index in [2.05, 4.69) is 0 Å². The Morgan fingerprint density at radius 2 is 2.11 bits per heavy atom. The summed E-state index contributed by atoms with van der Waals surface area (Å²) in [7, 11) is 0. The molecule has 1 aliphatic rings. The van der Waals surface area contributed by atoms with Crippen molar-refractivity contribution in [3.05, 3.63) is 28.3 Å². The number of aliphatic carboxylic acids is 1. The third-order valence-electron chi connectivity index (χ3n) is 3.04. The third kappa shape index (κ3) is 2.63. The van der Waals surface area contributed by atoms with Gasteiger partial charge in [-0.2, -0.15) is 13.2 Å². The lowest BCUT2D eigenvalue weighted by Gasteiger charge is -2.32. The van der Waals surface area contributed by atoms with Crippen LogP contribution in [0.3, 0.4) is 0 Å². The van der Waals surface area contributed by atoms with Gasteiger partial charge in [0.2, 0.25) is 6.10 Å². The summed E-state index contributed by atoms with van der Waals surface area (Å²) < 4.78 is 43.3. The Bertz CT molecular complexity index is 528. The second kappa shape index (κ2) is 4.59. The molecule has 2 rings (SSSR count). The standard InChI is InChI=1S/C12H10ClF3O3/c1-5-2-9-6(4-8(5)13)3-7(11(17)18)10(19-9)12(14,15)16/h2,4,7,10H,3H2,1H3,(H,17,18)/t7-,10+/m1/s1. The van der Waals surface area contributed by atoms with Gasteiger partial charge in [-0.05, 0) is 36.6 Å². The molecule has 0 bridgehead atoms. The fraction of sp³-hybridized carbons (Fsp3) is 0.417. The van der Waals surface area contributed by atoms with E-state index in [1.165, 1.54) is 12.1 Å². The molecule has 3 nitrogen and oxygen atoms in total. The predicted octanol–water partition coefficient (Wildman–Crippen LogP) is 3.22. The molecule has 7 heteroatoms. The lowest BCUT2D eigenvalue weighted by atomic mass is 9.90. The van der Waals surface area contributed by atoms with E-state index in [4.69, 9.17) is 21.4 Å². The minimum atomic E-state index is -4.73.